The van der Waals surface area contributed by atoms with E-state index >= 15 is 0 Å². The van der Waals surface area contributed by atoms with Crippen molar-refractivity contribution in [3.8, 4) is 0 Å². The average Bonchev–Trinajstić information content (AvgIpc) is 3.24. The summed E-state index contributed by atoms with van der Waals surface area (Å²) in [6.07, 6.45) is 2.84. The maximum atomic E-state index is 5.74. The Morgan fingerprint density at radius 3 is 2.59 bits per heavy atom. The molecule has 5 nitrogen and oxygen atoms in total. The molecule has 0 spiro atoms. The first-order valence-electron chi connectivity index (χ1n) is 10.1. The highest BCUT2D eigenvalue weighted by atomic mass is 32.1. The van der Waals surface area contributed by atoms with Gasteiger partial charge in [0.25, 0.3) is 0 Å². The van der Waals surface area contributed by atoms with Crippen LogP contribution in [0.5, 0.6) is 0 Å². The summed E-state index contributed by atoms with van der Waals surface area (Å²) in [5.74, 6) is 0. The quantitative estimate of drug-likeness (QED) is 0.399. The Morgan fingerprint density at radius 2 is 1.90 bits per heavy atom. The van der Waals surface area contributed by atoms with Crippen molar-refractivity contribution in [1.82, 2.24) is 20.2 Å². The molecule has 0 amide bonds. The van der Waals surface area contributed by atoms with Gasteiger partial charge in [-0.05, 0) is 68.4 Å². The van der Waals surface area contributed by atoms with Crippen molar-refractivity contribution >= 4 is 23.0 Å². The summed E-state index contributed by atoms with van der Waals surface area (Å²) < 4.78 is 0. The molecule has 1 aliphatic rings. The minimum atomic E-state index is 0.0414. The van der Waals surface area contributed by atoms with Crippen molar-refractivity contribution in [2.75, 3.05) is 18.4 Å². The zero-order valence-electron chi connectivity index (χ0n) is 16.9. The van der Waals surface area contributed by atoms with Gasteiger partial charge < -0.3 is 20.5 Å². The third kappa shape index (κ3) is 4.27. The van der Waals surface area contributed by atoms with Crippen molar-refractivity contribution < 1.29 is 0 Å². The third-order valence-electron chi connectivity index (χ3n) is 5.38. The molecule has 6 heteroatoms. The van der Waals surface area contributed by atoms with Gasteiger partial charge in [0.15, 0.2) is 5.11 Å². The van der Waals surface area contributed by atoms with Gasteiger partial charge in [-0.25, -0.2) is 0 Å². The molecular weight excluding hydrogens is 378 g/mol. The maximum Gasteiger partial charge on any atom is 0.170 e. The van der Waals surface area contributed by atoms with Crippen LogP contribution in [0, 0.1) is 13.8 Å². The van der Waals surface area contributed by atoms with E-state index in [0.717, 1.165) is 36.0 Å². The molecule has 1 aliphatic heterocycles. The zero-order valence-corrected chi connectivity index (χ0v) is 17.7. The number of hydrogen-bond acceptors (Lipinski definition) is 3. The summed E-state index contributed by atoms with van der Waals surface area (Å²) in [4.78, 5) is 10.4. The molecule has 1 aromatic carbocycles. The number of nitrogens with one attached hydrogen (secondary N) is 3. The average molecular weight is 406 g/mol. The van der Waals surface area contributed by atoms with Crippen LogP contribution in [-0.4, -0.2) is 33.1 Å². The van der Waals surface area contributed by atoms with Crippen LogP contribution < -0.4 is 10.6 Å². The van der Waals surface area contributed by atoms with E-state index in [2.05, 4.69) is 63.6 Å². The first kappa shape index (κ1) is 19.5. The van der Waals surface area contributed by atoms with E-state index in [1.165, 1.54) is 17.0 Å². The summed E-state index contributed by atoms with van der Waals surface area (Å²) in [5.41, 5.74) is 5.80. The summed E-state index contributed by atoms with van der Waals surface area (Å²) in [7, 11) is 0. The van der Waals surface area contributed by atoms with E-state index in [1.54, 1.807) is 0 Å². The topological polar surface area (TPSA) is 56.0 Å². The molecule has 3 heterocycles. The number of aromatic nitrogens is 2. The fraction of sp³-hybridized carbons (Fsp3) is 0.304. The molecule has 150 valence electrons. The number of anilines is 1. The van der Waals surface area contributed by atoms with Crippen LogP contribution in [0.2, 0.25) is 0 Å². The van der Waals surface area contributed by atoms with Gasteiger partial charge in [0, 0.05) is 36.4 Å². The summed E-state index contributed by atoms with van der Waals surface area (Å²) in [5, 5.41) is 7.81. The highest BCUT2D eigenvalue weighted by Crippen LogP contribution is 2.40. The fourth-order valence-electron chi connectivity index (χ4n) is 4.08. The predicted molar refractivity (Wildman–Crippen MR) is 122 cm³/mol. The van der Waals surface area contributed by atoms with Gasteiger partial charge in [0.05, 0.1) is 17.8 Å². The lowest BCUT2D eigenvalue weighted by atomic mass is 9.96. The van der Waals surface area contributed by atoms with Gasteiger partial charge in [-0.2, -0.15) is 0 Å². The minimum absolute atomic E-state index is 0.0414. The van der Waals surface area contributed by atoms with Gasteiger partial charge in [0.2, 0.25) is 0 Å². The van der Waals surface area contributed by atoms with Crippen molar-refractivity contribution in [1.29, 1.82) is 0 Å². The molecule has 2 atom stereocenters. The van der Waals surface area contributed by atoms with Gasteiger partial charge in [-0.15, -0.1) is 0 Å². The molecule has 0 bridgehead atoms. The van der Waals surface area contributed by atoms with Gasteiger partial charge in [-0.3, -0.25) is 4.98 Å². The predicted octanol–water partition coefficient (Wildman–Crippen LogP) is 4.50. The molecule has 0 aliphatic carbocycles. The van der Waals surface area contributed by atoms with Crippen molar-refractivity contribution in [3.63, 3.8) is 0 Å². The fourth-order valence-corrected chi connectivity index (χ4v) is 4.41. The Bertz CT molecular complexity index is 954. The van der Waals surface area contributed by atoms with E-state index in [1.807, 2.05) is 36.5 Å². The van der Waals surface area contributed by atoms with Crippen LogP contribution in [0.1, 0.15) is 41.1 Å². The second kappa shape index (κ2) is 8.66. The highest BCUT2D eigenvalue weighted by molar-refractivity contribution is 7.80. The highest BCUT2D eigenvalue weighted by Gasteiger charge is 2.40. The summed E-state index contributed by atoms with van der Waals surface area (Å²) >= 11 is 5.74. The molecule has 3 aromatic rings. The number of benzene rings is 1. The lowest BCUT2D eigenvalue weighted by molar-refractivity contribution is 0.315. The number of rotatable bonds is 7. The molecule has 0 unspecified atom stereocenters. The summed E-state index contributed by atoms with van der Waals surface area (Å²) in [6.45, 7) is 6.01. The number of para-hydroxylation sites is 1. The molecule has 4 rings (SSSR count). The number of hydrogen-bond donors (Lipinski definition) is 3. The van der Waals surface area contributed by atoms with Crippen LogP contribution in [0.3, 0.4) is 0 Å². The van der Waals surface area contributed by atoms with Crippen molar-refractivity contribution in [2.45, 2.75) is 32.4 Å². The molecule has 3 N–H and O–H groups in total. The molecule has 0 saturated carbocycles. The standard InChI is InChI=1S/C23H27N5S/c1-16-15-19(17(2)26-16)22-21(20-11-6-7-12-25-20)27-23(29)28(22)14-8-13-24-18-9-4-3-5-10-18/h3-7,9-12,15,21-22,24,26H,8,13-14H2,1-2H3,(H,27,29)/t21-,22-/m0/s1. The Morgan fingerprint density at radius 1 is 1.10 bits per heavy atom. The number of nitrogens with zero attached hydrogens (tertiary/aromatic N) is 2. The number of H-pyrrole nitrogens is 1. The van der Waals surface area contributed by atoms with E-state index in [0.29, 0.717) is 0 Å². The number of pyridine rings is 1. The van der Waals surface area contributed by atoms with Gasteiger partial charge in [-0.1, -0.05) is 24.3 Å². The lowest BCUT2D eigenvalue weighted by Crippen LogP contribution is -2.31. The summed E-state index contributed by atoms with van der Waals surface area (Å²) in [6, 6.07) is 18.8. The largest absolute Gasteiger partial charge is 0.385 e. The van der Waals surface area contributed by atoms with E-state index in [9.17, 15) is 0 Å². The first-order chi connectivity index (χ1) is 14.1. The van der Waals surface area contributed by atoms with Gasteiger partial charge in [0.1, 0.15) is 0 Å². The maximum absolute atomic E-state index is 5.74. The number of aryl methyl sites for hydroxylation is 2. The molecule has 29 heavy (non-hydrogen) atoms. The second-order valence-corrected chi connectivity index (χ2v) is 7.89. The van der Waals surface area contributed by atoms with E-state index in [4.69, 9.17) is 12.2 Å². The van der Waals surface area contributed by atoms with E-state index in [-0.39, 0.29) is 12.1 Å². The Balaban J connectivity index is 1.52. The van der Waals surface area contributed by atoms with Crippen LogP contribution in [0.25, 0.3) is 0 Å². The Labute approximate surface area is 177 Å². The van der Waals surface area contributed by atoms with Crippen LogP contribution >= 0.6 is 12.2 Å². The molecule has 0 radical (unpaired) electrons. The second-order valence-electron chi connectivity index (χ2n) is 7.50. The van der Waals surface area contributed by atoms with Crippen molar-refractivity contribution in [3.05, 3.63) is 83.4 Å². The zero-order chi connectivity index (χ0) is 20.2. The molecular formula is C23H27N5S. The Hall–Kier alpha value is -2.86. The minimum Gasteiger partial charge on any atom is -0.385 e. The SMILES string of the molecule is Cc1cc([C@H]2[C@H](c3ccccn3)NC(=S)N2CCCNc2ccccc2)c(C)[nH]1. The molecule has 1 fully saturated rings. The number of thiocarbonyl (C=S) groups is 1. The lowest BCUT2D eigenvalue weighted by Gasteiger charge is -2.28. The first-order valence-corrected chi connectivity index (χ1v) is 10.5. The van der Waals surface area contributed by atoms with Gasteiger partial charge >= 0.3 is 0 Å². The molecule has 1 saturated heterocycles. The van der Waals surface area contributed by atoms with Crippen LogP contribution in [-0.2, 0) is 0 Å². The van der Waals surface area contributed by atoms with Crippen molar-refractivity contribution in [2.24, 2.45) is 0 Å². The number of aromatic amines is 1. The normalized spacial score (nSPS) is 18.7. The van der Waals surface area contributed by atoms with Crippen LogP contribution in [0.4, 0.5) is 5.69 Å². The van der Waals surface area contributed by atoms with E-state index < -0.39 is 0 Å². The Kier molecular flexibility index (Phi) is 5.81. The monoisotopic (exact) mass is 405 g/mol. The third-order valence-corrected chi connectivity index (χ3v) is 5.74. The van der Waals surface area contributed by atoms with Crippen LogP contribution in [0.15, 0.2) is 60.8 Å². The smallest absolute Gasteiger partial charge is 0.170 e. The molecule has 2 aromatic heterocycles.